The van der Waals surface area contributed by atoms with E-state index in [1.807, 2.05) is 25.3 Å². The number of aromatic hydroxyl groups is 1. The Morgan fingerprint density at radius 2 is 2.14 bits per heavy atom. The van der Waals surface area contributed by atoms with Gasteiger partial charge in [0.2, 0.25) is 0 Å². The first-order valence-electron chi connectivity index (χ1n) is 7.47. The van der Waals surface area contributed by atoms with E-state index < -0.39 is 0 Å². The summed E-state index contributed by atoms with van der Waals surface area (Å²) in [7, 11) is 1.75. The van der Waals surface area contributed by atoms with E-state index in [-0.39, 0.29) is 11.3 Å². The Morgan fingerprint density at radius 3 is 2.91 bits per heavy atom. The highest BCUT2D eigenvalue weighted by Gasteiger charge is 2.19. The lowest BCUT2D eigenvalue weighted by atomic mass is 9.98. The summed E-state index contributed by atoms with van der Waals surface area (Å²) in [5.41, 5.74) is 3.47. The van der Waals surface area contributed by atoms with Gasteiger partial charge in [-0.3, -0.25) is 4.79 Å². The van der Waals surface area contributed by atoms with Gasteiger partial charge in [0.1, 0.15) is 11.5 Å². The summed E-state index contributed by atoms with van der Waals surface area (Å²) in [4.78, 5) is 12.2. The monoisotopic (exact) mass is 297 g/mol. The van der Waals surface area contributed by atoms with Crippen LogP contribution in [-0.2, 0) is 13.5 Å². The van der Waals surface area contributed by atoms with Crippen LogP contribution in [0.5, 0.6) is 11.5 Å². The molecule has 0 unspecified atom stereocenters. The van der Waals surface area contributed by atoms with Crippen molar-refractivity contribution in [1.82, 2.24) is 4.57 Å². The van der Waals surface area contributed by atoms with E-state index in [9.17, 15) is 9.90 Å². The highest BCUT2D eigenvalue weighted by Crippen LogP contribution is 2.37. The standard InChI is InChI=1S/C18H19NO3/c1-3-9-22-17-8-7-12(20)10-15(17)16-11-19(2)18(21)14-6-4-5-13(14)16/h4-5,7-8,10-11,20H,3,6,9H2,1-2H3. The third-order valence-electron chi connectivity index (χ3n) is 3.84. The second kappa shape index (κ2) is 5.72. The molecule has 4 heteroatoms. The van der Waals surface area contributed by atoms with E-state index in [1.54, 1.807) is 29.8 Å². The van der Waals surface area contributed by atoms with Crippen molar-refractivity contribution in [3.8, 4) is 22.6 Å². The lowest BCUT2D eigenvalue weighted by Crippen LogP contribution is -2.21. The normalized spacial score (nSPS) is 12.5. The minimum atomic E-state index is 0.0277. The zero-order chi connectivity index (χ0) is 15.7. The summed E-state index contributed by atoms with van der Waals surface area (Å²) in [6, 6.07) is 5.08. The molecule has 1 aliphatic carbocycles. The van der Waals surface area contributed by atoms with E-state index in [0.717, 1.165) is 34.4 Å². The van der Waals surface area contributed by atoms with E-state index in [4.69, 9.17) is 4.74 Å². The molecule has 1 N–H and O–H groups in total. The van der Waals surface area contributed by atoms with Crippen molar-refractivity contribution in [2.45, 2.75) is 19.8 Å². The van der Waals surface area contributed by atoms with Crippen LogP contribution in [0.3, 0.4) is 0 Å². The van der Waals surface area contributed by atoms with Gasteiger partial charge in [-0.25, -0.2) is 0 Å². The van der Waals surface area contributed by atoms with Gasteiger partial charge in [0, 0.05) is 29.9 Å². The minimum absolute atomic E-state index is 0.0277. The number of nitrogens with zero attached hydrogens (tertiary/aromatic N) is 1. The second-order valence-corrected chi connectivity index (χ2v) is 5.49. The molecule has 4 nitrogen and oxygen atoms in total. The Bertz CT molecular complexity index is 803. The van der Waals surface area contributed by atoms with Gasteiger partial charge in [-0.2, -0.15) is 0 Å². The fraction of sp³-hybridized carbons (Fsp3) is 0.278. The number of phenols is 1. The van der Waals surface area contributed by atoms with E-state index in [2.05, 4.69) is 0 Å². The molecule has 0 saturated heterocycles. The second-order valence-electron chi connectivity index (χ2n) is 5.49. The summed E-state index contributed by atoms with van der Waals surface area (Å²) in [5, 5.41) is 9.85. The zero-order valence-corrected chi connectivity index (χ0v) is 12.8. The van der Waals surface area contributed by atoms with Crippen LogP contribution in [0.25, 0.3) is 17.2 Å². The average molecular weight is 297 g/mol. The maximum absolute atomic E-state index is 12.2. The number of aryl methyl sites for hydroxylation is 1. The molecule has 3 rings (SSSR count). The fourth-order valence-electron chi connectivity index (χ4n) is 2.78. The predicted molar refractivity (Wildman–Crippen MR) is 87.3 cm³/mol. The highest BCUT2D eigenvalue weighted by molar-refractivity contribution is 5.82. The molecule has 1 aromatic heterocycles. The number of allylic oxidation sites excluding steroid dienone is 1. The molecule has 0 fully saturated rings. The lowest BCUT2D eigenvalue weighted by Gasteiger charge is -2.15. The SMILES string of the molecule is CCCOc1ccc(O)cc1-c1cn(C)c(=O)c2c1C=CC2. The van der Waals surface area contributed by atoms with E-state index in [0.29, 0.717) is 13.0 Å². The van der Waals surface area contributed by atoms with Crippen molar-refractivity contribution in [3.63, 3.8) is 0 Å². The van der Waals surface area contributed by atoms with Crippen LogP contribution in [-0.4, -0.2) is 16.3 Å². The quantitative estimate of drug-likeness (QED) is 0.943. The van der Waals surface area contributed by atoms with Crippen molar-refractivity contribution < 1.29 is 9.84 Å². The molecule has 2 aromatic rings. The van der Waals surface area contributed by atoms with Crippen LogP contribution in [0.2, 0.25) is 0 Å². The van der Waals surface area contributed by atoms with Crippen molar-refractivity contribution in [2.75, 3.05) is 6.61 Å². The molecule has 114 valence electrons. The molecule has 0 aliphatic heterocycles. The topological polar surface area (TPSA) is 51.5 Å². The average Bonchev–Trinajstić information content (AvgIpc) is 2.99. The molecular formula is C18H19NO3. The van der Waals surface area contributed by atoms with Crippen LogP contribution in [0.4, 0.5) is 0 Å². The number of rotatable bonds is 4. The number of fused-ring (bicyclic) bond motifs is 1. The Balaban J connectivity index is 2.22. The van der Waals surface area contributed by atoms with Crippen LogP contribution < -0.4 is 10.3 Å². The number of aromatic nitrogens is 1. The smallest absolute Gasteiger partial charge is 0.254 e. The van der Waals surface area contributed by atoms with Crippen LogP contribution in [0.1, 0.15) is 24.5 Å². The van der Waals surface area contributed by atoms with Gasteiger partial charge in [0.15, 0.2) is 0 Å². The summed E-state index contributed by atoms with van der Waals surface area (Å²) in [6.07, 6.45) is 7.33. The number of ether oxygens (including phenoxy) is 1. The van der Waals surface area contributed by atoms with Gasteiger partial charge >= 0.3 is 0 Å². The summed E-state index contributed by atoms with van der Waals surface area (Å²) < 4.78 is 7.40. The van der Waals surface area contributed by atoms with E-state index >= 15 is 0 Å². The van der Waals surface area contributed by atoms with Crippen molar-refractivity contribution >= 4 is 6.08 Å². The van der Waals surface area contributed by atoms with Crippen molar-refractivity contribution in [1.29, 1.82) is 0 Å². The van der Waals surface area contributed by atoms with E-state index in [1.165, 1.54) is 0 Å². The largest absolute Gasteiger partial charge is 0.508 e. The Labute approximate surface area is 129 Å². The molecule has 0 amide bonds. The zero-order valence-electron chi connectivity index (χ0n) is 12.8. The molecule has 0 spiro atoms. The van der Waals surface area contributed by atoms with Gasteiger partial charge in [-0.15, -0.1) is 0 Å². The molecule has 1 aliphatic rings. The third-order valence-corrected chi connectivity index (χ3v) is 3.84. The lowest BCUT2D eigenvalue weighted by molar-refractivity contribution is 0.318. The first kappa shape index (κ1) is 14.4. The third kappa shape index (κ3) is 2.41. The Morgan fingerprint density at radius 1 is 1.32 bits per heavy atom. The maximum Gasteiger partial charge on any atom is 0.254 e. The van der Waals surface area contributed by atoms with Gasteiger partial charge < -0.3 is 14.4 Å². The predicted octanol–water partition coefficient (Wildman–Crippen LogP) is 3.12. The van der Waals surface area contributed by atoms with Gasteiger partial charge in [0.05, 0.1) is 6.61 Å². The van der Waals surface area contributed by atoms with Crippen molar-refractivity contribution in [2.24, 2.45) is 7.05 Å². The van der Waals surface area contributed by atoms with Crippen LogP contribution in [0, 0.1) is 0 Å². The molecular weight excluding hydrogens is 278 g/mol. The van der Waals surface area contributed by atoms with Crippen LogP contribution >= 0.6 is 0 Å². The number of benzene rings is 1. The summed E-state index contributed by atoms with van der Waals surface area (Å²) in [6.45, 7) is 2.66. The van der Waals surface area contributed by atoms with Gasteiger partial charge in [0.25, 0.3) is 5.56 Å². The molecule has 1 heterocycles. The van der Waals surface area contributed by atoms with Gasteiger partial charge in [-0.1, -0.05) is 19.1 Å². The number of hydrogen-bond donors (Lipinski definition) is 1. The molecule has 1 aromatic carbocycles. The van der Waals surface area contributed by atoms with Gasteiger partial charge in [-0.05, 0) is 36.6 Å². The minimum Gasteiger partial charge on any atom is -0.508 e. The molecule has 0 bridgehead atoms. The summed E-state index contributed by atoms with van der Waals surface area (Å²) in [5.74, 6) is 0.907. The number of pyridine rings is 1. The molecule has 0 saturated carbocycles. The first-order chi connectivity index (χ1) is 10.6. The number of hydrogen-bond acceptors (Lipinski definition) is 3. The molecule has 22 heavy (non-hydrogen) atoms. The summed E-state index contributed by atoms with van der Waals surface area (Å²) >= 11 is 0. The highest BCUT2D eigenvalue weighted by atomic mass is 16.5. The molecule has 0 atom stereocenters. The number of phenolic OH excluding ortho intramolecular Hbond substituents is 1. The molecule has 0 radical (unpaired) electrons. The van der Waals surface area contributed by atoms with Crippen molar-refractivity contribution in [3.05, 3.63) is 52.0 Å². The maximum atomic E-state index is 12.2. The Kier molecular flexibility index (Phi) is 3.75. The Hall–Kier alpha value is -2.49. The fourth-order valence-corrected chi connectivity index (χ4v) is 2.78. The first-order valence-corrected chi connectivity index (χ1v) is 7.47. The van der Waals surface area contributed by atoms with Crippen LogP contribution in [0.15, 0.2) is 35.3 Å².